The third-order valence-electron chi connectivity index (χ3n) is 2.79. The molecule has 100 valence electrons. The Morgan fingerprint density at radius 2 is 2.22 bits per heavy atom. The van der Waals surface area contributed by atoms with E-state index in [-0.39, 0.29) is 23.9 Å². The predicted molar refractivity (Wildman–Crippen MR) is 66.7 cm³/mol. The van der Waals surface area contributed by atoms with Crippen molar-refractivity contribution < 1.29 is 14.5 Å². The lowest BCUT2D eigenvalue weighted by Crippen LogP contribution is -2.10. The average molecular weight is 254 g/mol. The number of esters is 1. The van der Waals surface area contributed by atoms with Crippen molar-refractivity contribution >= 4 is 11.7 Å². The molecule has 1 N–H and O–H groups in total. The third kappa shape index (κ3) is 2.88. The number of aromatic nitrogens is 1. The normalized spacial score (nSPS) is 12.2. The highest BCUT2D eigenvalue weighted by atomic mass is 16.6. The first-order valence-corrected chi connectivity index (χ1v) is 6.05. The van der Waals surface area contributed by atoms with Crippen LogP contribution in [0.25, 0.3) is 0 Å². The van der Waals surface area contributed by atoms with Crippen molar-refractivity contribution in [2.24, 2.45) is 0 Å². The van der Waals surface area contributed by atoms with Crippen LogP contribution in [0, 0.1) is 10.1 Å². The van der Waals surface area contributed by atoms with E-state index in [0.717, 1.165) is 12.8 Å². The number of aromatic amines is 1. The summed E-state index contributed by atoms with van der Waals surface area (Å²) in [6.07, 6.45) is 2.94. The molecule has 0 fully saturated rings. The number of hydrogen-bond donors (Lipinski definition) is 1. The van der Waals surface area contributed by atoms with E-state index in [0.29, 0.717) is 5.56 Å². The average Bonchev–Trinajstić information content (AvgIpc) is 2.74. The quantitative estimate of drug-likeness (QED) is 0.480. The summed E-state index contributed by atoms with van der Waals surface area (Å²) >= 11 is 0. The largest absolute Gasteiger partial charge is 0.461 e. The van der Waals surface area contributed by atoms with Gasteiger partial charge in [0.15, 0.2) is 0 Å². The molecule has 0 bridgehead atoms. The summed E-state index contributed by atoms with van der Waals surface area (Å²) in [5.74, 6) is -0.593. The van der Waals surface area contributed by atoms with Crippen LogP contribution in [0.1, 0.15) is 55.6 Å². The van der Waals surface area contributed by atoms with Gasteiger partial charge in [0.25, 0.3) is 5.69 Å². The van der Waals surface area contributed by atoms with E-state index in [1.807, 2.05) is 13.8 Å². The summed E-state index contributed by atoms with van der Waals surface area (Å²) in [7, 11) is 0. The van der Waals surface area contributed by atoms with Crippen molar-refractivity contribution in [3.05, 3.63) is 27.6 Å². The smallest absolute Gasteiger partial charge is 0.355 e. The molecule has 1 unspecified atom stereocenters. The summed E-state index contributed by atoms with van der Waals surface area (Å²) in [6, 6.07) is 0. The van der Waals surface area contributed by atoms with Crippen LogP contribution in [0.5, 0.6) is 0 Å². The zero-order valence-corrected chi connectivity index (χ0v) is 10.9. The van der Waals surface area contributed by atoms with E-state index in [1.165, 1.54) is 6.20 Å². The predicted octanol–water partition coefficient (Wildman–Crippen LogP) is 3.00. The maximum absolute atomic E-state index is 11.7. The zero-order chi connectivity index (χ0) is 13.7. The molecule has 1 aromatic rings. The number of hydrogen-bond acceptors (Lipinski definition) is 4. The van der Waals surface area contributed by atoms with Crippen molar-refractivity contribution in [2.75, 3.05) is 6.61 Å². The highest BCUT2D eigenvalue weighted by molar-refractivity contribution is 5.90. The van der Waals surface area contributed by atoms with Crippen LogP contribution in [0.3, 0.4) is 0 Å². The van der Waals surface area contributed by atoms with E-state index in [2.05, 4.69) is 4.98 Å². The van der Waals surface area contributed by atoms with E-state index in [9.17, 15) is 14.9 Å². The summed E-state index contributed by atoms with van der Waals surface area (Å²) in [4.78, 5) is 24.9. The maximum Gasteiger partial charge on any atom is 0.355 e. The van der Waals surface area contributed by atoms with Crippen LogP contribution in [-0.2, 0) is 4.74 Å². The highest BCUT2D eigenvalue weighted by Gasteiger charge is 2.28. The molecule has 0 aliphatic heterocycles. The van der Waals surface area contributed by atoms with Gasteiger partial charge in [0, 0.05) is 0 Å². The molecule has 1 atom stereocenters. The van der Waals surface area contributed by atoms with E-state index in [1.54, 1.807) is 6.92 Å². The Balaban J connectivity index is 3.18. The van der Waals surface area contributed by atoms with Crippen molar-refractivity contribution in [3.63, 3.8) is 0 Å². The number of rotatable bonds is 6. The van der Waals surface area contributed by atoms with Gasteiger partial charge in [-0.05, 0) is 19.3 Å². The molecule has 0 radical (unpaired) electrons. The van der Waals surface area contributed by atoms with Gasteiger partial charge in [-0.1, -0.05) is 20.3 Å². The Hall–Kier alpha value is -1.85. The topological polar surface area (TPSA) is 85.2 Å². The van der Waals surface area contributed by atoms with Crippen molar-refractivity contribution in [1.29, 1.82) is 0 Å². The standard InChI is InChI=1S/C12H18N2O4/c1-4-6-8(3)10-9(14(16)17)7-13-11(10)12(15)18-5-2/h7-8,13H,4-6H2,1-3H3. The number of carbonyl (C=O) groups is 1. The Bertz CT molecular complexity index is 439. The molecule has 6 nitrogen and oxygen atoms in total. The lowest BCUT2D eigenvalue weighted by atomic mass is 9.95. The van der Waals surface area contributed by atoms with Crippen LogP contribution in [-0.4, -0.2) is 22.5 Å². The minimum absolute atomic E-state index is 0.0426. The van der Waals surface area contributed by atoms with Gasteiger partial charge in [-0.15, -0.1) is 0 Å². The monoisotopic (exact) mass is 254 g/mol. The molecular formula is C12H18N2O4. The molecule has 18 heavy (non-hydrogen) atoms. The molecule has 0 saturated heterocycles. The fourth-order valence-corrected chi connectivity index (χ4v) is 2.02. The molecule has 1 heterocycles. The van der Waals surface area contributed by atoms with E-state index in [4.69, 9.17) is 4.74 Å². The lowest BCUT2D eigenvalue weighted by Gasteiger charge is -2.10. The summed E-state index contributed by atoms with van der Waals surface area (Å²) in [5, 5.41) is 11.0. The Labute approximate surface area is 105 Å². The summed E-state index contributed by atoms with van der Waals surface area (Å²) in [6.45, 7) is 5.82. The number of nitro groups is 1. The number of ether oxygens (including phenoxy) is 1. The molecule has 0 spiro atoms. The Morgan fingerprint density at radius 3 is 2.72 bits per heavy atom. The zero-order valence-electron chi connectivity index (χ0n) is 10.9. The lowest BCUT2D eigenvalue weighted by molar-refractivity contribution is -0.385. The summed E-state index contributed by atoms with van der Waals surface area (Å²) < 4.78 is 4.90. The second-order valence-electron chi connectivity index (χ2n) is 4.13. The molecule has 1 rings (SSSR count). The first-order chi connectivity index (χ1) is 8.52. The Kier molecular flexibility index (Phi) is 4.88. The second kappa shape index (κ2) is 6.18. The molecule has 0 amide bonds. The summed E-state index contributed by atoms with van der Waals surface area (Å²) in [5.41, 5.74) is 0.601. The molecule has 0 saturated carbocycles. The number of H-pyrrole nitrogens is 1. The van der Waals surface area contributed by atoms with E-state index < -0.39 is 10.9 Å². The Morgan fingerprint density at radius 1 is 1.56 bits per heavy atom. The van der Waals surface area contributed by atoms with Crippen LogP contribution in [0.15, 0.2) is 6.20 Å². The fourth-order valence-electron chi connectivity index (χ4n) is 2.02. The van der Waals surface area contributed by atoms with Gasteiger partial charge < -0.3 is 9.72 Å². The molecule has 0 aliphatic rings. The van der Waals surface area contributed by atoms with Crippen LogP contribution in [0.4, 0.5) is 5.69 Å². The molecule has 1 aromatic heterocycles. The number of nitrogens with one attached hydrogen (secondary N) is 1. The SMILES string of the molecule is CCCC(C)c1c([N+](=O)[O-])c[nH]c1C(=O)OCC. The van der Waals surface area contributed by atoms with Gasteiger partial charge >= 0.3 is 5.97 Å². The van der Waals surface area contributed by atoms with E-state index >= 15 is 0 Å². The van der Waals surface area contributed by atoms with Crippen LogP contribution >= 0.6 is 0 Å². The number of carbonyl (C=O) groups excluding carboxylic acids is 1. The van der Waals surface area contributed by atoms with Gasteiger partial charge in [-0.2, -0.15) is 0 Å². The first-order valence-electron chi connectivity index (χ1n) is 6.05. The van der Waals surface area contributed by atoms with Gasteiger partial charge in [-0.3, -0.25) is 10.1 Å². The molecule has 6 heteroatoms. The third-order valence-corrected chi connectivity index (χ3v) is 2.79. The highest BCUT2D eigenvalue weighted by Crippen LogP contribution is 2.32. The second-order valence-corrected chi connectivity index (χ2v) is 4.13. The molecular weight excluding hydrogens is 236 g/mol. The first kappa shape index (κ1) is 14.2. The minimum atomic E-state index is -0.538. The molecule has 0 aliphatic carbocycles. The van der Waals surface area contributed by atoms with Crippen LogP contribution < -0.4 is 0 Å². The molecule has 0 aromatic carbocycles. The van der Waals surface area contributed by atoms with Gasteiger partial charge in [0.1, 0.15) is 5.69 Å². The van der Waals surface area contributed by atoms with Crippen molar-refractivity contribution in [1.82, 2.24) is 4.98 Å². The van der Waals surface area contributed by atoms with Gasteiger partial charge in [0.2, 0.25) is 0 Å². The van der Waals surface area contributed by atoms with Crippen molar-refractivity contribution in [2.45, 2.75) is 39.5 Å². The van der Waals surface area contributed by atoms with Crippen molar-refractivity contribution in [3.8, 4) is 0 Å². The fraction of sp³-hybridized carbons (Fsp3) is 0.583. The number of nitrogens with zero attached hydrogens (tertiary/aromatic N) is 1. The van der Waals surface area contributed by atoms with Crippen LogP contribution in [0.2, 0.25) is 0 Å². The van der Waals surface area contributed by atoms with Gasteiger partial charge in [-0.25, -0.2) is 4.79 Å². The maximum atomic E-state index is 11.7. The van der Waals surface area contributed by atoms with Gasteiger partial charge in [0.05, 0.1) is 23.3 Å². The minimum Gasteiger partial charge on any atom is -0.461 e.